The summed E-state index contributed by atoms with van der Waals surface area (Å²) in [4.78, 5) is 15.3. The van der Waals surface area contributed by atoms with E-state index in [-0.39, 0.29) is 19.0 Å². The van der Waals surface area contributed by atoms with Gasteiger partial charge in [0.2, 0.25) is 6.79 Å². The van der Waals surface area contributed by atoms with Crippen LogP contribution < -0.4 is 19.1 Å². The van der Waals surface area contributed by atoms with Crippen molar-refractivity contribution in [3.8, 4) is 17.2 Å². The van der Waals surface area contributed by atoms with Crippen molar-refractivity contribution >= 4 is 11.8 Å². The number of ether oxygens (including phenoxy) is 4. The number of fused-ring (bicyclic) bond motifs is 4. The first-order valence-corrected chi connectivity index (χ1v) is 13.6. The van der Waals surface area contributed by atoms with Crippen molar-refractivity contribution in [1.82, 2.24) is 0 Å². The van der Waals surface area contributed by atoms with E-state index >= 15 is 0 Å². The molecule has 0 unspecified atom stereocenters. The number of hydrogen-bond acceptors (Lipinski definition) is 5. The van der Waals surface area contributed by atoms with E-state index in [1.54, 1.807) is 4.90 Å². The highest BCUT2D eigenvalue weighted by molar-refractivity contribution is 5.87. The third-order valence-corrected chi connectivity index (χ3v) is 8.16. The number of piperidine rings is 3. The van der Waals surface area contributed by atoms with Crippen molar-refractivity contribution in [2.45, 2.75) is 31.9 Å². The molecule has 0 aliphatic carbocycles. The minimum absolute atomic E-state index is 0.0539. The predicted molar refractivity (Wildman–Crippen MR) is 144 cm³/mol. The monoisotopic (exact) mass is 515 g/mol. The van der Waals surface area contributed by atoms with E-state index in [4.69, 9.17) is 18.9 Å². The molecule has 7 rings (SSSR count). The second kappa shape index (κ2) is 11.0. The molecule has 0 spiro atoms. The molecule has 198 valence electrons. The Balaban J connectivity index is 1.06. The van der Waals surface area contributed by atoms with Crippen LogP contribution in [-0.4, -0.2) is 56.3 Å². The predicted octanol–water partition coefficient (Wildman–Crippen LogP) is 5.64. The van der Waals surface area contributed by atoms with Crippen molar-refractivity contribution in [1.29, 1.82) is 0 Å². The maximum Gasteiger partial charge on any atom is 0.415 e. The lowest BCUT2D eigenvalue weighted by Crippen LogP contribution is -2.65. The summed E-state index contributed by atoms with van der Waals surface area (Å²) < 4.78 is 24.1. The molecule has 0 saturated carbocycles. The zero-order valence-electron chi connectivity index (χ0n) is 21.7. The highest BCUT2D eigenvalue weighted by Gasteiger charge is 2.47. The van der Waals surface area contributed by atoms with Gasteiger partial charge >= 0.3 is 6.09 Å². The quantitative estimate of drug-likeness (QED) is 0.273. The van der Waals surface area contributed by atoms with Crippen LogP contribution in [0.2, 0.25) is 0 Å². The van der Waals surface area contributed by atoms with Gasteiger partial charge in [-0.25, -0.2) is 4.79 Å². The van der Waals surface area contributed by atoms with Crippen LogP contribution in [0.25, 0.3) is 0 Å². The van der Waals surface area contributed by atoms with E-state index in [1.165, 1.54) is 0 Å². The van der Waals surface area contributed by atoms with E-state index in [0.717, 1.165) is 78.4 Å². The molecule has 1 atom stereocenters. The zero-order chi connectivity index (χ0) is 25.8. The van der Waals surface area contributed by atoms with E-state index in [1.807, 2.05) is 78.9 Å². The summed E-state index contributed by atoms with van der Waals surface area (Å²) in [7, 11) is 0. The number of anilines is 1. The van der Waals surface area contributed by atoms with E-state index < -0.39 is 0 Å². The number of rotatable bonds is 9. The van der Waals surface area contributed by atoms with Gasteiger partial charge in [-0.1, -0.05) is 48.5 Å². The smallest absolute Gasteiger partial charge is 0.415 e. The summed E-state index contributed by atoms with van der Waals surface area (Å²) in [6, 6.07) is 25.6. The molecular weight excluding hydrogens is 480 g/mol. The lowest BCUT2D eigenvalue weighted by atomic mass is 9.83. The van der Waals surface area contributed by atoms with Gasteiger partial charge in [0, 0.05) is 36.9 Å². The molecule has 2 bridgehead atoms. The van der Waals surface area contributed by atoms with Gasteiger partial charge in [0.1, 0.15) is 12.3 Å². The average Bonchev–Trinajstić information content (AvgIpc) is 3.44. The fourth-order valence-corrected chi connectivity index (χ4v) is 6.05. The number of nitrogens with zero attached hydrogens (tertiary/aromatic N) is 2. The lowest BCUT2D eigenvalue weighted by Gasteiger charge is -2.52. The summed E-state index contributed by atoms with van der Waals surface area (Å²) in [6.45, 7) is 5.60. The van der Waals surface area contributed by atoms with Crippen molar-refractivity contribution in [3.05, 3.63) is 84.4 Å². The first-order valence-electron chi connectivity index (χ1n) is 13.6. The van der Waals surface area contributed by atoms with Crippen LogP contribution in [0.1, 0.15) is 24.8 Å². The van der Waals surface area contributed by atoms with E-state index in [2.05, 4.69) is 0 Å². The normalized spacial score (nSPS) is 23.2. The third kappa shape index (κ3) is 5.43. The molecule has 4 heterocycles. The van der Waals surface area contributed by atoms with E-state index in [0.29, 0.717) is 19.1 Å². The summed E-state index contributed by atoms with van der Waals surface area (Å²) in [5.74, 6) is 2.75. The highest BCUT2D eigenvalue weighted by atomic mass is 16.7. The van der Waals surface area contributed by atoms with Crippen molar-refractivity contribution < 1.29 is 28.2 Å². The molecule has 3 aromatic carbocycles. The van der Waals surface area contributed by atoms with Crippen LogP contribution in [-0.2, 0) is 11.3 Å². The number of amides is 1. The van der Waals surface area contributed by atoms with Gasteiger partial charge in [-0.05, 0) is 29.8 Å². The minimum atomic E-state index is -0.261. The standard InChI is InChI=1S/C31H35N2O5/c34-31(32(26-10-5-2-6-11-26)21-24-8-3-1-4-9-24)38-30-22-33(17-14-25(30)15-18-33)16-7-19-35-27-12-13-28-29(20-27)37-23-36-28/h1-6,8-13,20,25,30H,7,14-19,21-23H2/q+1/t25?,30-,33?/m0/s1. The number of quaternary nitrogens is 1. The number of hydrogen-bond donors (Lipinski definition) is 0. The Morgan fingerprint density at radius 2 is 1.66 bits per heavy atom. The molecule has 3 saturated heterocycles. The first kappa shape index (κ1) is 24.6. The number of carbonyl (C=O) groups is 1. The molecule has 1 amide bonds. The Morgan fingerprint density at radius 3 is 2.45 bits per heavy atom. The fraction of sp³-hybridized carbons (Fsp3) is 0.387. The molecule has 3 fully saturated rings. The summed E-state index contributed by atoms with van der Waals surface area (Å²) in [5.41, 5.74) is 1.93. The van der Waals surface area contributed by atoms with Crippen molar-refractivity contribution in [2.24, 2.45) is 5.92 Å². The van der Waals surface area contributed by atoms with E-state index in [9.17, 15) is 4.79 Å². The Labute approximate surface area is 224 Å². The van der Waals surface area contributed by atoms with Crippen LogP contribution in [0.3, 0.4) is 0 Å². The van der Waals surface area contributed by atoms with Crippen LogP contribution in [0.15, 0.2) is 78.9 Å². The number of para-hydroxylation sites is 1. The summed E-state index contributed by atoms with van der Waals surface area (Å²) in [6.07, 6.45) is 2.84. The Hall–Kier alpha value is -3.71. The molecule has 0 aromatic heterocycles. The Morgan fingerprint density at radius 1 is 0.921 bits per heavy atom. The van der Waals surface area contributed by atoms with Crippen molar-refractivity contribution in [2.75, 3.05) is 44.5 Å². The van der Waals surface area contributed by atoms with Gasteiger partial charge in [-0.3, -0.25) is 4.90 Å². The van der Waals surface area contributed by atoms with Crippen LogP contribution in [0.5, 0.6) is 17.2 Å². The first-order chi connectivity index (χ1) is 18.7. The molecular formula is C31H35N2O5+. The largest absolute Gasteiger partial charge is 0.493 e. The average molecular weight is 516 g/mol. The van der Waals surface area contributed by atoms with Gasteiger partial charge in [-0.15, -0.1) is 0 Å². The van der Waals surface area contributed by atoms with Gasteiger partial charge in [-0.2, -0.15) is 0 Å². The summed E-state index contributed by atoms with van der Waals surface area (Å²) >= 11 is 0. The van der Waals surface area contributed by atoms with Gasteiger partial charge in [0.05, 0.1) is 32.8 Å². The number of benzene rings is 3. The van der Waals surface area contributed by atoms with Gasteiger partial charge < -0.3 is 23.4 Å². The van der Waals surface area contributed by atoms with Gasteiger partial charge in [0.15, 0.2) is 17.6 Å². The SMILES string of the molecule is O=C(O[C@H]1C[N+]2(CCCOc3ccc4c(c3)OCO4)CCC1CC2)N(Cc1ccccc1)c1ccccc1. The summed E-state index contributed by atoms with van der Waals surface area (Å²) in [5, 5.41) is 0. The molecule has 7 heteroatoms. The molecule has 4 aliphatic rings. The van der Waals surface area contributed by atoms with Crippen molar-refractivity contribution in [3.63, 3.8) is 0 Å². The molecule has 4 aliphatic heterocycles. The Bertz CT molecular complexity index is 1230. The molecule has 7 nitrogen and oxygen atoms in total. The third-order valence-electron chi connectivity index (χ3n) is 8.16. The maximum absolute atomic E-state index is 13.6. The highest BCUT2D eigenvalue weighted by Crippen LogP contribution is 2.37. The fourth-order valence-electron chi connectivity index (χ4n) is 6.05. The molecule has 38 heavy (non-hydrogen) atoms. The minimum Gasteiger partial charge on any atom is -0.493 e. The topological polar surface area (TPSA) is 57.2 Å². The molecule has 0 N–H and O–H groups in total. The second-order valence-corrected chi connectivity index (χ2v) is 10.6. The van der Waals surface area contributed by atoms with Crippen LogP contribution >= 0.6 is 0 Å². The number of carbonyl (C=O) groups excluding carboxylic acids is 1. The second-order valence-electron chi connectivity index (χ2n) is 10.6. The lowest BCUT2D eigenvalue weighted by molar-refractivity contribution is -0.946. The zero-order valence-corrected chi connectivity index (χ0v) is 21.7. The molecule has 3 aromatic rings. The maximum atomic E-state index is 13.6. The van der Waals surface area contributed by atoms with Crippen LogP contribution in [0.4, 0.5) is 10.5 Å². The van der Waals surface area contributed by atoms with Gasteiger partial charge in [0.25, 0.3) is 0 Å². The molecule has 0 radical (unpaired) electrons. The van der Waals surface area contributed by atoms with Crippen LogP contribution in [0, 0.1) is 5.92 Å². The Kier molecular flexibility index (Phi) is 7.10.